The van der Waals surface area contributed by atoms with Gasteiger partial charge in [-0.3, -0.25) is 14.3 Å². The highest BCUT2D eigenvalue weighted by atomic mass is 16.2. The SMILES string of the molecule is C=CC(=O)Nc1ccn2cc(C(=O)Nc3nn(C)c4c3CN(C(=O)N[C@H](CN(C)C)C3(C)C=CC=CC3)C4(C)C)cc2c1. The predicted octanol–water partition coefficient (Wildman–Crippen LogP) is 4.26. The maximum atomic E-state index is 13.9. The summed E-state index contributed by atoms with van der Waals surface area (Å²) in [5, 5.41) is 13.6. The molecule has 5 rings (SSSR count). The molecule has 0 saturated carbocycles. The number of nitrogens with zero attached hydrogens (tertiary/aromatic N) is 5. The number of anilines is 2. The topological polar surface area (TPSA) is 116 Å². The molecule has 3 N–H and O–H groups in total. The number of fused-ring (bicyclic) bond motifs is 2. The summed E-state index contributed by atoms with van der Waals surface area (Å²) in [6, 6.07) is 4.99. The molecule has 1 aliphatic heterocycles. The van der Waals surface area contributed by atoms with Crippen LogP contribution in [0.15, 0.2) is 67.6 Å². The number of hydrogen-bond donors (Lipinski definition) is 3. The normalized spacial score (nSPS) is 19.4. The Hall–Kier alpha value is -4.64. The van der Waals surface area contributed by atoms with E-state index in [0.29, 0.717) is 30.2 Å². The van der Waals surface area contributed by atoms with Crippen LogP contribution in [0, 0.1) is 5.41 Å². The summed E-state index contributed by atoms with van der Waals surface area (Å²) in [6.07, 6.45) is 13.9. The van der Waals surface area contributed by atoms with Crippen molar-refractivity contribution in [3.8, 4) is 0 Å². The van der Waals surface area contributed by atoms with Gasteiger partial charge in [0.05, 0.1) is 29.4 Å². The molecule has 1 unspecified atom stereocenters. The van der Waals surface area contributed by atoms with Crippen molar-refractivity contribution in [3.63, 3.8) is 0 Å². The summed E-state index contributed by atoms with van der Waals surface area (Å²) in [7, 11) is 5.85. The Balaban J connectivity index is 1.35. The number of carbonyl (C=O) groups excluding carboxylic acids is 3. The number of pyridine rings is 1. The van der Waals surface area contributed by atoms with Gasteiger partial charge in [0, 0.05) is 48.2 Å². The van der Waals surface area contributed by atoms with E-state index in [-0.39, 0.29) is 29.3 Å². The maximum absolute atomic E-state index is 13.9. The second-order valence-electron chi connectivity index (χ2n) is 12.3. The Labute approximate surface area is 251 Å². The van der Waals surface area contributed by atoms with Crippen LogP contribution < -0.4 is 16.0 Å². The molecule has 2 aliphatic rings. The number of rotatable bonds is 8. The van der Waals surface area contributed by atoms with Crippen LogP contribution in [0.4, 0.5) is 16.3 Å². The number of likely N-dealkylation sites (N-methyl/N-ethyl adjacent to an activating group) is 1. The molecule has 226 valence electrons. The van der Waals surface area contributed by atoms with Gasteiger partial charge in [0.25, 0.3) is 5.91 Å². The Morgan fingerprint density at radius 1 is 1.16 bits per heavy atom. The first-order valence-electron chi connectivity index (χ1n) is 14.3. The molecule has 2 atom stereocenters. The summed E-state index contributed by atoms with van der Waals surface area (Å²) >= 11 is 0. The van der Waals surface area contributed by atoms with Crippen LogP contribution in [0.1, 0.15) is 48.8 Å². The summed E-state index contributed by atoms with van der Waals surface area (Å²) < 4.78 is 3.55. The Kier molecular flexibility index (Phi) is 7.78. The minimum atomic E-state index is -0.660. The molecular formula is C32H40N8O3. The van der Waals surface area contributed by atoms with Crippen molar-refractivity contribution < 1.29 is 14.4 Å². The largest absolute Gasteiger partial charge is 0.333 e. The number of hydrogen-bond acceptors (Lipinski definition) is 5. The fourth-order valence-electron chi connectivity index (χ4n) is 6.09. The number of aryl methyl sites for hydroxylation is 1. The van der Waals surface area contributed by atoms with E-state index in [2.05, 4.69) is 51.6 Å². The molecule has 0 saturated heterocycles. The lowest BCUT2D eigenvalue weighted by atomic mass is 9.76. The maximum Gasteiger partial charge on any atom is 0.318 e. The van der Waals surface area contributed by atoms with Crippen LogP contribution in [-0.4, -0.2) is 68.5 Å². The third-order valence-electron chi connectivity index (χ3n) is 8.43. The minimum absolute atomic E-state index is 0.109. The average Bonchev–Trinajstić information content (AvgIpc) is 3.60. The van der Waals surface area contributed by atoms with Crippen molar-refractivity contribution in [2.75, 3.05) is 31.3 Å². The Bertz CT molecular complexity index is 1660. The summed E-state index contributed by atoms with van der Waals surface area (Å²) in [6.45, 7) is 10.6. The van der Waals surface area contributed by atoms with Crippen LogP contribution in [0.3, 0.4) is 0 Å². The van der Waals surface area contributed by atoms with Gasteiger partial charge in [-0.1, -0.05) is 37.8 Å². The van der Waals surface area contributed by atoms with Crippen LogP contribution in [0.5, 0.6) is 0 Å². The number of aromatic nitrogens is 3. The van der Waals surface area contributed by atoms with Gasteiger partial charge in [-0.15, -0.1) is 0 Å². The number of urea groups is 1. The lowest BCUT2D eigenvalue weighted by Gasteiger charge is -2.40. The van der Waals surface area contributed by atoms with Crippen molar-refractivity contribution in [2.24, 2.45) is 12.5 Å². The molecule has 11 heteroatoms. The monoisotopic (exact) mass is 584 g/mol. The average molecular weight is 585 g/mol. The standard InChI is InChI=1S/C32H40N8O3/c1-8-26(41)33-22-12-15-39-18-21(16-23(39)17-22)29(42)35-28-24-19-40(31(2,3)27(24)38(7)36-28)30(43)34-25(20-37(5)6)32(4)13-10-9-11-14-32/h8-13,15-18,25H,1,14,19-20H2,2-7H3,(H,33,41)(H,34,43)(H,35,36,42)/t25-,32?/m1/s1. The molecule has 11 nitrogen and oxygen atoms in total. The van der Waals surface area contributed by atoms with E-state index in [9.17, 15) is 14.4 Å². The van der Waals surface area contributed by atoms with E-state index in [4.69, 9.17) is 0 Å². The molecule has 0 bridgehead atoms. The summed E-state index contributed by atoms with van der Waals surface area (Å²) in [4.78, 5) is 42.8. The Morgan fingerprint density at radius 2 is 1.93 bits per heavy atom. The van der Waals surface area contributed by atoms with E-state index < -0.39 is 5.54 Å². The van der Waals surface area contributed by atoms with E-state index in [1.54, 1.807) is 39.7 Å². The highest BCUT2D eigenvalue weighted by Gasteiger charge is 2.46. The highest BCUT2D eigenvalue weighted by Crippen LogP contribution is 2.42. The molecule has 4 amide bonds. The van der Waals surface area contributed by atoms with Gasteiger partial charge in [0.15, 0.2) is 5.82 Å². The first kappa shape index (κ1) is 29.8. The predicted molar refractivity (Wildman–Crippen MR) is 168 cm³/mol. The third-order valence-corrected chi connectivity index (χ3v) is 8.43. The van der Waals surface area contributed by atoms with Crippen molar-refractivity contribution in [1.82, 2.24) is 29.3 Å². The lowest BCUT2D eigenvalue weighted by molar-refractivity contribution is -0.111. The summed E-state index contributed by atoms with van der Waals surface area (Å²) in [5.41, 5.74) is 2.59. The summed E-state index contributed by atoms with van der Waals surface area (Å²) in [5.74, 6) is -0.204. The van der Waals surface area contributed by atoms with Gasteiger partial charge in [-0.2, -0.15) is 5.10 Å². The fourth-order valence-corrected chi connectivity index (χ4v) is 6.09. The van der Waals surface area contributed by atoms with Gasteiger partial charge in [0.2, 0.25) is 5.91 Å². The molecular weight excluding hydrogens is 544 g/mol. The second kappa shape index (κ2) is 11.2. The van der Waals surface area contributed by atoms with E-state index in [0.717, 1.165) is 23.2 Å². The van der Waals surface area contributed by atoms with Crippen LogP contribution in [-0.2, 0) is 23.9 Å². The molecule has 1 aliphatic carbocycles. The van der Waals surface area contributed by atoms with Crippen molar-refractivity contribution >= 4 is 34.9 Å². The number of amides is 4. The van der Waals surface area contributed by atoms with E-state index in [1.807, 2.05) is 52.0 Å². The number of carbonyl (C=O) groups is 3. The zero-order chi connectivity index (χ0) is 31.1. The van der Waals surface area contributed by atoms with Crippen molar-refractivity contribution in [3.05, 3.63) is 84.4 Å². The molecule has 0 spiro atoms. The highest BCUT2D eigenvalue weighted by molar-refractivity contribution is 6.05. The van der Waals surface area contributed by atoms with E-state index >= 15 is 0 Å². The molecule has 3 aromatic heterocycles. The van der Waals surface area contributed by atoms with Crippen LogP contribution in [0.2, 0.25) is 0 Å². The zero-order valence-electron chi connectivity index (χ0n) is 25.6. The quantitative estimate of drug-likeness (QED) is 0.342. The van der Waals surface area contributed by atoms with E-state index in [1.165, 1.54) is 6.08 Å². The van der Waals surface area contributed by atoms with Crippen LogP contribution >= 0.6 is 0 Å². The third kappa shape index (κ3) is 5.72. The lowest BCUT2D eigenvalue weighted by Crippen LogP contribution is -2.56. The Morgan fingerprint density at radius 3 is 2.60 bits per heavy atom. The zero-order valence-corrected chi connectivity index (χ0v) is 25.6. The second-order valence-corrected chi connectivity index (χ2v) is 12.3. The minimum Gasteiger partial charge on any atom is -0.333 e. The smallest absolute Gasteiger partial charge is 0.318 e. The van der Waals surface area contributed by atoms with Gasteiger partial charge in [0.1, 0.15) is 0 Å². The van der Waals surface area contributed by atoms with Crippen molar-refractivity contribution in [1.29, 1.82) is 0 Å². The molecule has 4 heterocycles. The fraction of sp³-hybridized carbons (Fsp3) is 0.375. The molecule has 43 heavy (non-hydrogen) atoms. The number of allylic oxidation sites excluding steroid dienone is 3. The number of nitrogens with one attached hydrogen (secondary N) is 3. The van der Waals surface area contributed by atoms with Crippen LogP contribution in [0.25, 0.3) is 5.52 Å². The van der Waals surface area contributed by atoms with Gasteiger partial charge >= 0.3 is 6.03 Å². The molecule has 0 aromatic carbocycles. The first-order chi connectivity index (χ1) is 20.3. The van der Waals surface area contributed by atoms with Gasteiger partial charge < -0.3 is 30.2 Å². The molecule has 3 aromatic rings. The van der Waals surface area contributed by atoms with Gasteiger partial charge in [-0.25, -0.2) is 4.79 Å². The van der Waals surface area contributed by atoms with Gasteiger partial charge in [-0.05, 0) is 58.6 Å². The molecule has 0 radical (unpaired) electrons. The first-order valence-corrected chi connectivity index (χ1v) is 14.3. The molecule has 0 fully saturated rings. The van der Waals surface area contributed by atoms with Crippen molar-refractivity contribution in [2.45, 2.75) is 45.3 Å².